The van der Waals surface area contributed by atoms with Crippen molar-refractivity contribution in [3.8, 4) is 17.2 Å². The van der Waals surface area contributed by atoms with Gasteiger partial charge in [0.05, 0.1) is 12.1 Å². The average molecular weight is 394 g/mol. The van der Waals surface area contributed by atoms with Crippen LogP contribution < -0.4 is 30.4 Å². The molecular formula is C17H16ClN3O4S. The predicted octanol–water partition coefficient (Wildman–Crippen LogP) is 2.39. The second-order valence-electron chi connectivity index (χ2n) is 5.30. The molecule has 26 heavy (non-hydrogen) atoms. The van der Waals surface area contributed by atoms with Gasteiger partial charge in [-0.15, -0.1) is 0 Å². The van der Waals surface area contributed by atoms with E-state index in [-0.39, 0.29) is 11.9 Å². The maximum atomic E-state index is 12.2. The number of thiocarbonyl (C=S) groups is 1. The van der Waals surface area contributed by atoms with Gasteiger partial charge in [-0.2, -0.15) is 0 Å². The zero-order chi connectivity index (χ0) is 18.5. The summed E-state index contributed by atoms with van der Waals surface area (Å²) in [7, 11) is 1.61. The van der Waals surface area contributed by atoms with Crippen LogP contribution in [0.25, 0.3) is 0 Å². The van der Waals surface area contributed by atoms with Crippen molar-refractivity contribution in [1.82, 2.24) is 16.2 Å². The van der Waals surface area contributed by atoms with Crippen LogP contribution in [-0.2, 0) is 6.54 Å². The quantitative estimate of drug-likeness (QED) is 0.543. The van der Waals surface area contributed by atoms with Crippen molar-refractivity contribution in [2.24, 2.45) is 0 Å². The molecule has 9 heteroatoms. The summed E-state index contributed by atoms with van der Waals surface area (Å²) in [5.74, 6) is 1.25. The van der Waals surface area contributed by atoms with Crippen LogP contribution in [0.4, 0.5) is 0 Å². The number of hydrogen-bond donors (Lipinski definition) is 3. The Labute approximate surface area is 160 Å². The van der Waals surface area contributed by atoms with E-state index in [1.54, 1.807) is 13.2 Å². The highest BCUT2D eigenvalue weighted by Crippen LogP contribution is 2.39. The molecule has 1 heterocycles. The second-order valence-corrected chi connectivity index (χ2v) is 6.12. The third-order valence-corrected chi connectivity index (χ3v) is 4.12. The highest BCUT2D eigenvalue weighted by atomic mass is 35.5. The summed E-state index contributed by atoms with van der Waals surface area (Å²) >= 11 is 11.2. The van der Waals surface area contributed by atoms with Gasteiger partial charge in [-0.25, -0.2) is 0 Å². The van der Waals surface area contributed by atoms with Crippen molar-refractivity contribution in [2.75, 3.05) is 13.9 Å². The summed E-state index contributed by atoms with van der Waals surface area (Å²) < 4.78 is 15.6. The molecule has 0 unspecified atom stereocenters. The molecule has 1 aliphatic heterocycles. The van der Waals surface area contributed by atoms with E-state index in [0.717, 1.165) is 11.3 Å². The number of carbonyl (C=O) groups is 1. The van der Waals surface area contributed by atoms with Gasteiger partial charge in [0.1, 0.15) is 5.75 Å². The Hall–Kier alpha value is -2.71. The first-order valence-corrected chi connectivity index (χ1v) is 8.41. The number of benzene rings is 2. The van der Waals surface area contributed by atoms with Crippen molar-refractivity contribution in [3.05, 3.63) is 52.5 Å². The van der Waals surface area contributed by atoms with E-state index >= 15 is 0 Å². The van der Waals surface area contributed by atoms with Crippen LogP contribution in [0.2, 0.25) is 5.02 Å². The van der Waals surface area contributed by atoms with Gasteiger partial charge in [0.25, 0.3) is 5.91 Å². The number of amides is 1. The summed E-state index contributed by atoms with van der Waals surface area (Å²) in [6.07, 6.45) is 0. The monoisotopic (exact) mass is 393 g/mol. The summed E-state index contributed by atoms with van der Waals surface area (Å²) in [6.45, 7) is 0.583. The van der Waals surface area contributed by atoms with Crippen molar-refractivity contribution in [1.29, 1.82) is 0 Å². The van der Waals surface area contributed by atoms with Crippen molar-refractivity contribution in [3.63, 3.8) is 0 Å². The van der Waals surface area contributed by atoms with Crippen LogP contribution in [0.1, 0.15) is 15.9 Å². The number of halogens is 1. The molecule has 0 saturated heterocycles. The van der Waals surface area contributed by atoms with Crippen molar-refractivity contribution >= 4 is 34.8 Å². The molecule has 0 radical (unpaired) electrons. The topological polar surface area (TPSA) is 80.9 Å². The van der Waals surface area contributed by atoms with Crippen LogP contribution >= 0.6 is 23.8 Å². The molecule has 3 rings (SSSR count). The maximum Gasteiger partial charge on any atom is 0.269 e. The molecule has 0 atom stereocenters. The molecule has 1 aliphatic rings. The Morgan fingerprint density at radius 3 is 2.73 bits per heavy atom. The van der Waals surface area contributed by atoms with E-state index in [0.29, 0.717) is 28.6 Å². The second kappa shape index (κ2) is 8.11. The molecule has 2 aromatic rings. The number of fused-ring (bicyclic) bond motifs is 1. The third-order valence-electron chi connectivity index (χ3n) is 3.59. The smallest absolute Gasteiger partial charge is 0.269 e. The van der Waals surface area contributed by atoms with Crippen LogP contribution in [0, 0.1) is 0 Å². The van der Waals surface area contributed by atoms with Gasteiger partial charge in [0, 0.05) is 12.1 Å². The third kappa shape index (κ3) is 4.27. The zero-order valence-electron chi connectivity index (χ0n) is 13.8. The number of ether oxygens (including phenoxy) is 3. The lowest BCUT2D eigenvalue weighted by Crippen LogP contribution is -2.46. The highest BCUT2D eigenvalue weighted by Gasteiger charge is 2.20. The van der Waals surface area contributed by atoms with E-state index in [4.69, 9.17) is 38.0 Å². The fraction of sp³-hybridized carbons (Fsp3) is 0.176. The first-order valence-electron chi connectivity index (χ1n) is 7.63. The standard InChI is InChI=1S/C17H16ClN3O4S/c1-23-12-4-2-10(3-5-12)8-19-17(26)21-20-16(22)11-6-13(18)15-14(7-11)24-9-25-15/h2-7H,8-9H2,1H3,(H,20,22)(H2,19,21,26). The van der Waals surface area contributed by atoms with E-state index < -0.39 is 5.91 Å². The fourth-order valence-electron chi connectivity index (χ4n) is 2.25. The first kappa shape index (κ1) is 18.1. The molecule has 0 aromatic heterocycles. The van der Waals surface area contributed by atoms with Crippen molar-refractivity contribution in [2.45, 2.75) is 6.54 Å². The van der Waals surface area contributed by atoms with E-state index in [1.165, 1.54) is 6.07 Å². The number of rotatable bonds is 4. The number of hydrogen-bond acceptors (Lipinski definition) is 5. The normalized spacial score (nSPS) is 11.6. The van der Waals surface area contributed by atoms with Gasteiger partial charge in [0.2, 0.25) is 6.79 Å². The average Bonchev–Trinajstić information content (AvgIpc) is 3.14. The van der Waals surface area contributed by atoms with Crippen LogP contribution in [0.5, 0.6) is 17.2 Å². The molecule has 0 bridgehead atoms. The van der Waals surface area contributed by atoms with Gasteiger partial charge >= 0.3 is 0 Å². The molecular weight excluding hydrogens is 378 g/mol. The fourth-order valence-corrected chi connectivity index (χ4v) is 2.64. The number of methoxy groups -OCH3 is 1. The molecule has 0 aliphatic carbocycles. The van der Waals surface area contributed by atoms with E-state index in [9.17, 15) is 4.79 Å². The van der Waals surface area contributed by atoms with Crippen molar-refractivity contribution < 1.29 is 19.0 Å². The SMILES string of the molecule is COc1ccc(CNC(=S)NNC(=O)c2cc(Cl)c3c(c2)OCO3)cc1. The maximum absolute atomic E-state index is 12.2. The Morgan fingerprint density at radius 2 is 2.00 bits per heavy atom. The number of carbonyl (C=O) groups excluding carboxylic acids is 1. The largest absolute Gasteiger partial charge is 0.497 e. The summed E-state index contributed by atoms with van der Waals surface area (Å²) in [5.41, 5.74) is 6.49. The van der Waals surface area contributed by atoms with E-state index in [2.05, 4.69) is 16.2 Å². The Balaban J connectivity index is 1.49. The van der Waals surface area contributed by atoms with E-state index in [1.807, 2.05) is 24.3 Å². The number of hydrazine groups is 1. The molecule has 2 aromatic carbocycles. The lowest BCUT2D eigenvalue weighted by atomic mass is 10.2. The minimum absolute atomic E-state index is 0.0811. The lowest BCUT2D eigenvalue weighted by molar-refractivity contribution is 0.0943. The summed E-state index contributed by atoms with van der Waals surface area (Å²) in [5, 5.41) is 3.58. The molecule has 1 amide bonds. The molecule has 3 N–H and O–H groups in total. The van der Waals surface area contributed by atoms with Gasteiger partial charge in [0.15, 0.2) is 16.6 Å². The Kier molecular flexibility index (Phi) is 5.65. The zero-order valence-corrected chi connectivity index (χ0v) is 15.4. The predicted molar refractivity (Wildman–Crippen MR) is 101 cm³/mol. The van der Waals surface area contributed by atoms with Crippen LogP contribution in [0.3, 0.4) is 0 Å². The minimum Gasteiger partial charge on any atom is -0.497 e. The Bertz CT molecular complexity index is 830. The lowest BCUT2D eigenvalue weighted by Gasteiger charge is -2.12. The minimum atomic E-state index is -0.404. The number of nitrogens with one attached hydrogen (secondary N) is 3. The van der Waals surface area contributed by atoms with Gasteiger partial charge in [-0.05, 0) is 42.0 Å². The highest BCUT2D eigenvalue weighted by molar-refractivity contribution is 7.80. The summed E-state index contributed by atoms with van der Waals surface area (Å²) in [6, 6.07) is 10.6. The summed E-state index contributed by atoms with van der Waals surface area (Å²) in [4.78, 5) is 12.2. The van der Waals surface area contributed by atoms with Gasteiger partial charge < -0.3 is 19.5 Å². The van der Waals surface area contributed by atoms with Gasteiger partial charge in [-0.3, -0.25) is 15.6 Å². The van der Waals surface area contributed by atoms with Gasteiger partial charge in [-0.1, -0.05) is 23.7 Å². The molecule has 0 fully saturated rings. The molecule has 0 spiro atoms. The van der Waals surface area contributed by atoms with Crippen LogP contribution in [0.15, 0.2) is 36.4 Å². The van der Waals surface area contributed by atoms with Crippen LogP contribution in [-0.4, -0.2) is 24.9 Å². The first-order chi connectivity index (χ1) is 12.6. The molecule has 136 valence electrons. The molecule has 0 saturated carbocycles. The molecule has 7 nitrogen and oxygen atoms in total. The Morgan fingerprint density at radius 1 is 1.23 bits per heavy atom.